The van der Waals surface area contributed by atoms with Crippen LogP contribution in [0, 0.1) is 5.92 Å². The third-order valence-electron chi connectivity index (χ3n) is 8.64. The average Bonchev–Trinajstić information content (AvgIpc) is 3.45. The number of ketones is 1. The van der Waals surface area contributed by atoms with Gasteiger partial charge in [0.15, 0.2) is 19.9 Å². The first-order valence-electron chi connectivity index (χ1n) is 15.2. The lowest BCUT2D eigenvalue weighted by Crippen LogP contribution is -2.47. The highest BCUT2D eigenvalue weighted by Crippen LogP contribution is 2.43. The van der Waals surface area contributed by atoms with E-state index in [9.17, 15) is 14.7 Å². The number of carbonyl (C=O) groups excluding carboxylic acids is 2. The molecule has 2 N–H and O–H groups in total. The fraction of sp³-hybridized carbons (Fsp3) is 0.429. The zero-order valence-corrected chi connectivity index (χ0v) is 28.1. The van der Waals surface area contributed by atoms with Gasteiger partial charge in [0.1, 0.15) is 5.25 Å². The van der Waals surface area contributed by atoms with E-state index in [2.05, 4.69) is 51.3 Å². The number of nitrogens with one attached hydrogen (secondary N) is 1. The number of para-hydroxylation sites is 1. The molecule has 5 atom stereocenters. The standard InChI is InChI=1S/C24H32O4SSi.C11H13NO2/c1-24(2,3)30(4,5)27-22-19(16-18-12-8-6-9-13-18)17-21(25)23(22)29-28-26-20-14-10-7-11-15-20;13-10-7-11(14)12-9(10)6-8-4-2-1-3-5-8/h6-15,19,22-23H,16-17H2,1-5H3;1-5,9-10,13H,6-7H2,(H,12,14)/t19-,22+,23?;9-,10-/m10/s1. The lowest BCUT2D eigenvalue weighted by molar-refractivity contribution is -0.120. The quantitative estimate of drug-likeness (QED) is 0.111. The van der Waals surface area contributed by atoms with Crippen LogP contribution < -0.4 is 10.2 Å². The first-order valence-corrected chi connectivity index (χ1v) is 18.9. The molecule has 9 heteroatoms. The van der Waals surface area contributed by atoms with Crippen LogP contribution in [0.3, 0.4) is 0 Å². The number of rotatable bonds is 10. The maximum absolute atomic E-state index is 12.9. The largest absolute Gasteiger partial charge is 0.412 e. The number of hydrogen-bond donors (Lipinski definition) is 2. The molecule has 3 aromatic rings. The molecule has 2 aliphatic rings. The molecule has 0 bridgehead atoms. The summed E-state index contributed by atoms with van der Waals surface area (Å²) in [5.41, 5.74) is 2.37. The fourth-order valence-corrected chi connectivity index (χ4v) is 7.39. The molecule has 1 saturated carbocycles. The molecule has 1 amide bonds. The van der Waals surface area contributed by atoms with Crippen LogP contribution in [0.4, 0.5) is 0 Å². The predicted molar refractivity (Wildman–Crippen MR) is 178 cm³/mol. The van der Waals surface area contributed by atoms with Gasteiger partial charge >= 0.3 is 0 Å². The molecule has 44 heavy (non-hydrogen) atoms. The Kier molecular flexibility index (Phi) is 11.8. The van der Waals surface area contributed by atoms with Crippen molar-refractivity contribution in [3.05, 3.63) is 102 Å². The first kappa shape index (κ1) is 33.9. The summed E-state index contributed by atoms with van der Waals surface area (Å²) in [7, 11) is -2.07. The zero-order chi connectivity index (χ0) is 31.7. The molecule has 1 unspecified atom stereocenters. The maximum Gasteiger partial charge on any atom is 0.223 e. The number of carbonyl (C=O) groups is 2. The summed E-state index contributed by atoms with van der Waals surface area (Å²) >= 11 is 1.09. The van der Waals surface area contributed by atoms with E-state index in [0.29, 0.717) is 18.6 Å². The van der Waals surface area contributed by atoms with Crippen molar-refractivity contribution in [3.8, 4) is 5.75 Å². The molecule has 236 valence electrons. The lowest BCUT2D eigenvalue weighted by atomic mass is 9.96. The molecule has 1 aliphatic heterocycles. The minimum Gasteiger partial charge on any atom is -0.412 e. The van der Waals surface area contributed by atoms with Crippen molar-refractivity contribution >= 4 is 32.1 Å². The maximum atomic E-state index is 12.9. The average molecular weight is 636 g/mol. The Morgan fingerprint density at radius 3 is 1.91 bits per heavy atom. The Bertz CT molecular complexity index is 1340. The van der Waals surface area contributed by atoms with Gasteiger partial charge in [-0.1, -0.05) is 99.6 Å². The van der Waals surface area contributed by atoms with E-state index in [1.807, 2.05) is 78.9 Å². The van der Waals surface area contributed by atoms with Gasteiger partial charge in [-0.25, -0.2) is 0 Å². The number of amides is 1. The minimum atomic E-state index is -2.07. The number of hydrogen-bond acceptors (Lipinski definition) is 7. The summed E-state index contributed by atoms with van der Waals surface area (Å²) in [5.74, 6) is 0.852. The van der Waals surface area contributed by atoms with Crippen molar-refractivity contribution < 1.29 is 28.3 Å². The van der Waals surface area contributed by atoms with Gasteiger partial charge < -0.3 is 19.7 Å². The molecule has 0 aromatic heterocycles. The van der Waals surface area contributed by atoms with Crippen molar-refractivity contribution in [2.75, 3.05) is 0 Å². The van der Waals surface area contributed by atoms with E-state index in [1.54, 1.807) is 0 Å². The Labute approximate surface area is 267 Å². The van der Waals surface area contributed by atoms with Crippen LogP contribution in [0.5, 0.6) is 5.75 Å². The van der Waals surface area contributed by atoms with Crippen LogP contribution in [0.1, 0.15) is 44.7 Å². The topological polar surface area (TPSA) is 94.1 Å². The van der Waals surface area contributed by atoms with Gasteiger partial charge in [-0.15, -0.1) is 4.33 Å². The highest BCUT2D eigenvalue weighted by molar-refractivity contribution is 7.96. The molecular weight excluding hydrogens is 591 g/mol. The van der Waals surface area contributed by atoms with Gasteiger partial charge in [-0.2, -0.15) is 0 Å². The van der Waals surface area contributed by atoms with Gasteiger partial charge in [0.2, 0.25) is 5.91 Å². The van der Waals surface area contributed by atoms with E-state index < -0.39 is 19.7 Å². The molecular formula is C35H45NO6SSi. The minimum absolute atomic E-state index is 0.0570. The Morgan fingerprint density at radius 2 is 1.39 bits per heavy atom. The summed E-state index contributed by atoms with van der Waals surface area (Å²) in [6.45, 7) is 11.1. The van der Waals surface area contributed by atoms with E-state index in [0.717, 1.165) is 24.0 Å². The summed E-state index contributed by atoms with van der Waals surface area (Å²) in [6.07, 6.45) is 1.53. The van der Waals surface area contributed by atoms with E-state index >= 15 is 0 Å². The third-order valence-corrected chi connectivity index (χ3v) is 14.0. The Balaban J connectivity index is 0.000000262. The van der Waals surface area contributed by atoms with Crippen LogP contribution in [0.2, 0.25) is 18.1 Å². The van der Waals surface area contributed by atoms with Crippen LogP contribution >= 0.6 is 12.0 Å². The van der Waals surface area contributed by atoms with Crippen molar-refractivity contribution in [2.45, 2.75) is 88.1 Å². The highest BCUT2D eigenvalue weighted by atomic mass is 32.2. The summed E-state index contributed by atoms with van der Waals surface area (Å²) in [4.78, 5) is 29.3. The predicted octanol–water partition coefficient (Wildman–Crippen LogP) is 6.71. The Hall–Kier alpha value is -2.95. The normalized spacial score (nSPS) is 23.5. The third kappa shape index (κ3) is 9.52. The van der Waals surface area contributed by atoms with Gasteiger partial charge in [0.05, 0.1) is 36.7 Å². The van der Waals surface area contributed by atoms with Crippen LogP contribution in [0.15, 0.2) is 91.0 Å². The molecule has 0 spiro atoms. The fourth-order valence-electron chi connectivity index (χ4n) is 5.14. The molecule has 2 fully saturated rings. The van der Waals surface area contributed by atoms with Gasteiger partial charge in [-0.05, 0) is 60.2 Å². The number of Topliss-reactive ketones (excluding diaryl/α,β-unsaturated/α-hetero) is 1. The van der Waals surface area contributed by atoms with Crippen molar-refractivity contribution in [1.82, 2.24) is 5.32 Å². The van der Waals surface area contributed by atoms with E-state index in [1.165, 1.54) is 5.56 Å². The molecule has 1 heterocycles. The second-order valence-electron chi connectivity index (χ2n) is 13.1. The second-order valence-corrected chi connectivity index (χ2v) is 18.7. The lowest BCUT2D eigenvalue weighted by Gasteiger charge is -2.40. The van der Waals surface area contributed by atoms with Crippen LogP contribution in [-0.2, 0) is 31.2 Å². The summed E-state index contributed by atoms with van der Waals surface area (Å²) in [6, 6.07) is 29.4. The molecule has 1 aliphatic carbocycles. The van der Waals surface area contributed by atoms with Gasteiger partial charge in [0, 0.05) is 6.42 Å². The number of benzene rings is 3. The molecule has 0 radical (unpaired) electrons. The summed E-state index contributed by atoms with van der Waals surface area (Å²) in [5, 5.41) is 12.0. The molecule has 3 aromatic carbocycles. The van der Waals surface area contributed by atoms with Crippen molar-refractivity contribution in [1.29, 1.82) is 0 Å². The van der Waals surface area contributed by atoms with Gasteiger partial charge in [0.25, 0.3) is 0 Å². The number of aliphatic hydroxyl groups excluding tert-OH is 1. The molecule has 7 nitrogen and oxygen atoms in total. The zero-order valence-electron chi connectivity index (χ0n) is 26.3. The first-order chi connectivity index (χ1) is 20.9. The number of aliphatic hydroxyl groups is 1. The SMILES string of the molecule is CC(C)(C)[Si](C)(C)O[C@@H]1C(SOOc2ccccc2)C(=O)C[C@H]1Cc1ccccc1.O=C1C[C@H](O)[C@H](Cc2ccccc2)N1. The van der Waals surface area contributed by atoms with E-state index in [-0.39, 0.29) is 41.2 Å². The summed E-state index contributed by atoms with van der Waals surface area (Å²) < 4.78 is 12.2. The van der Waals surface area contributed by atoms with Crippen molar-refractivity contribution in [2.24, 2.45) is 5.92 Å². The smallest absolute Gasteiger partial charge is 0.223 e. The Morgan fingerprint density at radius 1 is 0.841 bits per heavy atom. The molecule has 5 rings (SSSR count). The van der Waals surface area contributed by atoms with Crippen molar-refractivity contribution in [3.63, 3.8) is 0 Å². The van der Waals surface area contributed by atoms with E-state index in [4.69, 9.17) is 13.6 Å². The van der Waals surface area contributed by atoms with Gasteiger partial charge in [-0.3, -0.25) is 9.59 Å². The highest BCUT2D eigenvalue weighted by Gasteiger charge is 2.49. The second kappa shape index (κ2) is 15.4. The molecule has 1 saturated heterocycles. The monoisotopic (exact) mass is 635 g/mol. The van der Waals surface area contributed by atoms with Crippen LogP contribution in [0.25, 0.3) is 0 Å². The van der Waals surface area contributed by atoms with Crippen LogP contribution in [-0.4, -0.2) is 48.6 Å².